The summed E-state index contributed by atoms with van der Waals surface area (Å²) in [5, 5.41) is 9.42. The molecule has 7 nitrogen and oxygen atoms in total. The second-order valence-electron chi connectivity index (χ2n) is 11.2. The van der Waals surface area contributed by atoms with Gasteiger partial charge in [0, 0.05) is 43.2 Å². The van der Waals surface area contributed by atoms with E-state index in [0.717, 1.165) is 31.4 Å². The smallest absolute Gasteiger partial charge is 0.247 e. The van der Waals surface area contributed by atoms with Crippen LogP contribution in [0.5, 0.6) is 0 Å². The number of likely N-dealkylation sites (tertiary alicyclic amines) is 1. The number of aliphatic hydroxyl groups is 1. The second-order valence-corrected chi connectivity index (χ2v) is 13.1. The standard InChI is InChI=1S/C31H43N3O4S/c1-5-8-20-32(18-6-2)29(38)26-31-17-16-30(4,39-31)24(25(31)28(37)34(26)21-12-13-22-35)27(36)33(19-7-3)23-14-10-9-11-15-23/h6-7,9-11,14-15,24-26,35H,2-3,5,8,12-13,16-22H2,1,4H3/t24-,25+,26?,30+,31?/m1/s1. The Morgan fingerprint density at radius 3 is 2.46 bits per heavy atom. The minimum absolute atomic E-state index is 0.0375. The summed E-state index contributed by atoms with van der Waals surface area (Å²) in [6.07, 6.45) is 7.97. The van der Waals surface area contributed by atoms with Crippen LogP contribution < -0.4 is 4.90 Å². The lowest BCUT2D eigenvalue weighted by Gasteiger charge is -2.38. The number of amides is 3. The van der Waals surface area contributed by atoms with Crippen LogP contribution in [0.2, 0.25) is 0 Å². The van der Waals surface area contributed by atoms with Crippen LogP contribution in [0.15, 0.2) is 55.6 Å². The molecule has 2 bridgehead atoms. The van der Waals surface area contributed by atoms with Gasteiger partial charge in [0.05, 0.1) is 16.6 Å². The lowest BCUT2D eigenvalue weighted by atomic mass is 9.66. The van der Waals surface area contributed by atoms with Crippen LogP contribution in [0.25, 0.3) is 0 Å². The molecular formula is C31H43N3O4S. The number of carbonyl (C=O) groups excluding carboxylic acids is 3. The Balaban J connectivity index is 1.75. The first-order valence-corrected chi connectivity index (χ1v) is 15.1. The molecule has 1 aromatic carbocycles. The predicted octanol–water partition coefficient (Wildman–Crippen LogP) is 4.27. The van der Waals surface area contributed by atoms with Crippen molar-refractivity contribution in [1.82, 2.24) is 9.80 Å². The summed E-state index contributed by atoms with van der Waals surface area (Å²) in [6.45, 7) is 13.8. The molecule has 4 rings (SSSR count). The Labute approximate surface area is 237 Å². The summed E-state index contributed by atoms with van der Waals surface area (Å²) in [4.78, 5) is 48.3. The van der Waals surface area contributed by atoms with Crippen LogP contribution in [0, 0.1) is 11.8 Å². The minimum atomic E-state index is -0.648. The zero-order valence-electron chi connectivity index (χ0n) is 23.4. The summed E-state index contributed by atoms with van der Waals surface area (Å²) >= 11 is 1.70. The summed E-state index contributed by atoms with van der Waals surface area (Å²) in [5.41, 5.74) is 0.780. The monoisotopic (exact) mass is 553 g/mol. The first-order valence-electron chi connectivity index (χ1n) is 14.3. The van der Waals surface area contributed by atoms with E-state index in [4.69, 9.17) is 0 Å². The maximum atomic E-state index is 14.4. The Morgan fingerprint density at radius 2 is 1.82 bits per heavy atom. The van der Waals surface area contributed by atoms with E-state index >= 15 is 0 Å². The first-order chi connectivity index (χ1) is 18.8. The number of nitrogens with zero attached hydrogens (tertiary/aromatic N) is 3. The van der Waals surface area contributed by atoms with Crippen LogP contribution in [0.4, 0.5) is 5.69 Å². The Bertz CT molecular complexity index is 1080. The van der Waals surface area contributed by atoms with Crippen LogP contribution in [0.3, 0.4) is 0 Å². The molecule has 2 unspecified atom stereocenters. The SMILES string of the molecule is C=CCN(CCCC)C(=O)C1N(CCCCO)C(=O)[C@@H]2[C@H](C(=O)N(CC=C)c3ccccc3)[C@]3(C)CCC12S3. The molecule has 1 aromatic rings. The molecule has 5 atom stereocenters. The number of hydrogen-bond donors (Lipinski definition) is 1. The van der Waals surface area contributed by atoms with E-state index in [1.165, 1.54) is 0 Å². The van der Waals surface area contributed by atoms with Crippen molar-refractivity contribution in [2.75, 3.05) is 37.7 Å². The molecule has 3 heterocycles. The van der Waals surface area contributed by atoms with Gasteiger partial charge < -0.3 is 19.8 Å². The maximum absolute atomic E-state index is 14.4. The maximum Gasteiger partial charge on any atom is 0.247 e. The van der Waals surface area contributed by atoms with Crippen molar-refractivity contribution in [1.29, 1.82) is 0 Å². The van der Waals surface area contributed by atoms with Gasteiger partial charge in [0.15, 0.2) is 0 Å². The predicted molar refractivity (Wildman–Crippen MR) is 157 cm³/mol. The summed E-state index contributed by atoms with van der Waals surface area (Å²) < 4.78 is -1.08. The fraction of sp³-hybridized carbons (Fsp3) is 0.581. The first kappa shape index (κ1) is 29.4. The fourth-order valence-electron chi connectivity index (χ4n) is 6.91. The highest BCUT2D eigenvalue weighted by molar-refractivity contribution is 8.02. The number of rotatable bonds is 14. The number of carbonyl (C=O) groups is 3. The number of para-hydroxylation sites is 1. The fourth-order valence-corrected chi connectivity index (χ4v) is 9.26. The molecule has 0 saturated carbocycles. The highest BCUT2D eigenvalue weighted by Crippen LogP contribution is 2.71. The van der Waals surface area contributed by atoms with Gasteiger partial charge in [-0.3, -0.25) is 14.4 Å². The van der Waals surface area contributed by atoms with Gasteiger partial charge in [-0.1, -0.05) is 43.7 Å². The topological polar surface area (TPSA) is 81.2 Å². The molecule has 3 aliphatic rings. The quantitative estimate of drug-likeness (QED) is 0.275. The third kappa shape index (κ3) is 5.18. The van der Waals surface area contributed by atoms with Gasteiger partial charge in [0.25, 0.3) is 0 Å². The molecule has 0 radical (unpaired) electrons. The molecular weight excluding hydrogens is 510 g/mol. The van der Waals surface area contributed by atoms with Crippen LogP contribution in [-0.2, 0) is 14.4 Å². The molecule has 0 aromatic heterocycles. The number of thioether (sulfide) groups is 1. The second kappa shape index (κ2) is 12.3. The molecule has 3 aliphatic heterocycles. The Kier molecular flexibility index (Phi) is 9.27. The lowest BCUT2D eigenvalue weighted by molar-refractivity contribution is -0.143. The van der Waals surface area contributed by atoms with Gasteiger partial charge in [0.2, 0.25) is 17.7 Å². The van der Waals surface area contributed by atoms with E-state index < -0.39 is 27.4 Å². The molecule has 8 heteroatoms. The lowest BCUT2D eigenvalue weighted by Crippen LogP contribution is -2.55. The highest BCUT2D eigenvalue weighted by atomic mass is 32.2. The molecule has 3 fully saturated rings. The molecule has 3 saturated heterocycles. The summed E-state index contributed by atoms with van der Waals surface area (Å²) in [5.74, 6) is -1.32. The highest BCUT2D eigenvalue weighted by Gasteiger charge is 2.77. The van der Waals surface area contributed by atoms with Crippen molar-refractivity contribution < 1.29 is 19.5 Å². The largest absolute Gasteiger partial charge is 0.396 e. The molecule has 3 amide bonds. The van der Waals surface area contributed by atoms with Gasteiger partial charge in [-0.15, -0.1) is 24.9 Å². The number of anilines is 1. The van der Waals surface area contributed by atoms with Gasteiger partial charge in [-0.2, -0.15) is 0 Å². The van der Waals surface area contributed by atoms with E-state index in [1.54, 1.807) is 33.7 Å². The number of fused-ring (bicyclic) bond motifs is 1. The zero-order chi connectivity index (χ0) is 28.2. The number of unbranched alkanes of at least 4 members (excludes halogenated alkanes) is 2. The molecule has 0 aliphatic carbocycles. The molecule has 212 valence electrons. The number of benzene rings is 1. The van der Waals surface area contributed by atoms with Crippen molar-refractivity contribution in [3.05, 3.63) is 55.6 Å². The van der Waals surface area contributed by atoms with Gasteiger partial charge in [0.1, 0.15) is 6.04 Å². The van der Waals surface area contributed by atoms with Crippen LogP contribution in [0.1, 0.15) is 52.4 Å². The number of hydrogen-bond acceptors (Lipinski definition) is 5. The average Bonchev–Trinajstić information content (AvgIpc) is 3.50. The van der Waals surface area contributed by atoms with Crippen molar-refractivity contribution >= 4 is 35.2 Å². The molecule has 1 N–H and O–H groups in total. The number of aliphatic hydroxyl groups excluding tert-OH is 1. The van der Waals surface area contributed by atoms with E-state index in [-0.39, 0.29) is 24.3 Å². The zero-order valence-corrected chi connectivity index (χ0v) is 24.2. The van der Waals surface area contributed by atoms with Crippen molar-refractivity contribution in [2.24, 2.45) is 11.8 Å². The van der Waals surface area contributed by atoms with Crippen molar-refractivity contribution in [3.63, 3.8) is 0 Å². The van der Waals surface area contributed by atoms with E-state index in [9.17, 15) is 19.5 Å². The van der Waals surface area contributed by atoms with Crippen LogP contribution >= 0.6 is 11.8 Å². The summed E-state index contributed by atoms with van der Waals surface area (Å²) in [6, 6.07) is 8.91. The van der Waals surface area contributed by atoms with Gasteiger partial charge >= 0.3 is 0 Å². The summed E-state index contributed by atoms with van der Waals surface area (Å²) in [7, 11) is 0. The third-order valence-corrected chi connectivity index (χ3v) is 10.7. The molecule has 1 spiro atoms. The normalized spacial score (nSPS) is 28.8. The van der Waals surface area contributed by atoms with E-state index in [0.29, 0.717) is 39.0 Å². The van der Waals surface area contributed by atoms with Crippen LogP contribution in [-0.4, -0.2) is 80.9 Å². The minimum Gasteiger partial charge on any atom is -0.396 e. The van der Waals surface area contributed by atoms with Gasteiger partial charge in [-0.05, 0) is 51.2 Å². The Morgan fingerprint density at radius 1 is 1.10 bits per heavy atom. The third-order valence-electron chi connectivity index (χ3n) is 8.67. The van der Waals surface area contributed by atoms with E-state index in [1.807, 2.05) is 35.2 Å². The van der Waals surface area contributed by atoms with Crippen molar-refractivity contribution in [3.8, 4) is 0 Å². The average molecular weight is 554 g/mol. The van der Waals surface area contributed by atoms with Gasteiger partial charge in [-0.25, -0.2) is 0 Å². The molecule has 39 heavy (non-hydrogen) atoms. The Hall–Kier alpha value is -2.58. The van der Waals surface area contributed by atoms with Crippen molar-refractivity contribution in [2.45, 2.75) is 67.9 Å². The van der Waals surface area contributed by atoms with E-state index in [2.05, 4.69) is 27.0 Å².